The molecule has 6 nitrogen and oxygen atoms in total. The molecule has 6 heteroatoms. The van der Waals surface area contributed by atoms with Gasteiger partial charge in [0.1, 0.15) is 5.82 Å². The summed E-state index contributed by atoms with van der Waals surface area (Å²) >= 11 is 0. The highest BCUT2D eigenvalue weighted by Crippen LogP contribution is 2.28. The van der Waals surface area contributed by atoms with Crippen molar-refractivity contribution in [1.82, 2.24) is 19.2 Å². The number of nitrogens with one attached hydrogen (secondary N) is 1. The number of aryl methyl sites for hydroxylation is 2. The first-order valence-corrected chi connectivity index (χ1v) is 8.80. The van der Waals surface area contributed by atoms with E-state index in [0.717, 1.165) is 35.8 Å². The summed E-state index contributed by atoms with van der Waals surface area (Å²) in [5.41, 5.74) is 6.62. The second-order valence-electron chi connectivity index (χ2n) is 6.51. The van der Waals surface area contributed by atoms with Gasteiger partial charge in [0.25, 0.3) is 0 Å². The number of rotatable bonds is 6. The predicted octanol–water partition coefficient (Wildman–Crippen LogP) is 3.41. The molecule has 0 aliphatic carbocycles. The molecule has 4 rings (SSSR count). The molecular formula is C20H23N5O. The van der Waals surface area contributed by atoms with Gasteiger partial charge in [0.2, 0.25) is 0 Å². The van der Waals surface area contributed by atoms with Gasteiger partial charge < -0.3 is 14.6 Å². The maximum absolute atomic E-state index is 5.16. The van der Waals surface area contributed by atoms with E-state index in [1.165, 1.54) is 16.8 Å². The second kappa shape index (κ2) is 6.80. The van der Waals surface area contributed by atoms with Crippen molar-refractivity contribution in [2.75, 3.05) is 25.6 Å². The highest BCUT2D eigenvalue weighted by atomic mass is 16.5. The molecule has 0 aliphatic rings. The Labute approximate surface area is 152 Å². The van der Waals surface area contributed by atoms with Gasteiger partial charge in [-0.05, 0) is 31.5 Å². The minimum Gasteiger partial charge on any atom is -0.383 e. The number of methoxy groups -OCH3 is 1. The molecule has 3 heterocycles. The molecule has 0 bridgehead atoms. The third-order valence-corrected chi connectivity index (χ3v) is 4.72. The van der Waals surface area contributed by atoms with Crippen LogP contribution in [0.3, 0.4) is 0 Å². The summed E-state index contributed by atoms with van der Waals surface area (Å²) in [7, 11) is 1.70. The van der Waals surface area contributed by atoms with Crippen LogP contribution in [0.2, 0.25) is 0 Å². The molecule has 1 N–H and O–H groups in total. The van der Waals surface area contributed by atoms with Crippen LogP contribution in [-0.4, -0.2) is 39.4 Å². The molecule has 134 valence electrons. The summed E-state index contributed by atoms with van der Waals surface area (Å²) in [5.74, 6) is 0.886. The Morgan fingerprint density at radius 1 is 1.04 bits per heavy atom. The van der Waals surface area contributed by atoms with Gasteiger partial charge in [-0.1, -0.05) is 30.3 Å². The lowest BCUT2D eigenvalue weighted by Gasteiger charge is -2.12. The topological polar surface area (TPSA) is 56.4 Å². The summed E-state index contributed by atoms with van der Waals surface area (Å²) < 4.78 is 9.63. The number of anilines is 1. The number of nitrogens with zero attached hydrogens (tertiary/aromatic N) is 4. The Balaban J connectivity index is 1.88. The molecule has 0 aliphatic heterocycles. The standard InChI is InChI=1S/C20H23N5O/c1-14-11-19-18(24(14)13-16-7-5-4-6-8-16)12-17(21-9-10-26-3)20-23-22-15(2)25(19)20/h4-8,11-12,21H,9-10,13H2,1-3H3. The van der Waals surface area contributed by atoms with Gasteiger partial charge in [-0.15, -0.1) is 10.2 Å². The lowest BCUT2D eigenvalue weighted by molar-refractivity contribution is 0.211. The third kappa shape index (κ3) is 2.82. The van der Waals surface area contributed by atoms with Crippen LogP contribution in [0.1, 0.15) is 17.1 Å². The zero-order valence-electron chi connectivity index (χ0n) is 15.4. The van der Waals surface area contributed by atoms with Crippen LogP contribution in [0.25, 0.3) is 16.7 Å². The molecule has 0 unspecified atom stereocenters. The van der Waals surface area contributed by atoms with E-state index in [1.807, 2.05) is 13.0 Å². The average Bonchev–Trinajstić information content (AvgIpc) is 3.17. The molecule has 0 spiro atoms. The summed E-state index contributed by atoms with van der Waals surface area (Å²) in [6.45, 7) is 6.33. The van der Waals surface area contributed by atoms with Crippen molar-refractivity contribution in [1.29, 1.82) is 0 Å². The first kappa shape index (κ1) is 16.6. The van der Waals surface area contributed by atoms with Crippen molar-refractivity contribution in [3.8, 4) is 0 Å². The molecule has 0 saturated carbocycles. The van der Waals surface area contributed by atoms with Crippen LogP contribution in [0.5, 0.6) is 0 Å². The van der Waals surface area contributed by atoms with Crippen molar-refractivity contribution in [2.24, 2.45) is 0 Å². The summed E-state index contributed by atoms with van der Waals surface area (Å²) in [6.07, 6.45) is 0. The predicted molar refractivity (Wildman–Crippen MR) is 104 cm³/mol. The molecule has 26 heavy (non-hydrogen) atoms. The summed E-state index contributed by atoms with van der Waals surface area (Å²) in [5, 5.41) is 12.1. The van der Waals surface area contributed by atoms with Crippen molar-refractivity contribution in [3.63, 3.8) is 0 Å². The fourth-order valence-electron chi connectivity index (χ4n) is 3.43. The number of pyridine rings is 1. The highest BCUT2D eigenvalue weighted by molar-refractivity contribution is 5.88. The molecule has 0 saturated heterocycles. The fraction of sp³-hybridized carbons (Fsp3) is 0.300. The Morgan fingerprint density at radius 3 is 2.62 bits per heavy atom. The summed E-state index contributed by atoms with van der Waals surface area (Å²) in [4.78, 5) is 0. The zero-order valence-corrected chi connectivity index (χ0v) is 15.4. The second-order valence-corrected chi connectivity index (χ2v) is 6.51. The first-order valence-electron chi connectivity index (χ1n) is 8.80. The first-order chi connectivity index (χ1) is 12.7. The maximum atomic E-state index is 5.16. The van der Waals surface area contributed by atoms with E-state index in [1.54, 1.807) is 7.11 Å². The van der Waals surface area contributed by atoms with E-state index in [4.69, 9.17) is 4.74 Å². The van der Waals surface area contributed by atoms with Gasteiger partial charge in [-0.25, -0.2) is 0 Å². The van der Waals surface area contributed by atoms with Crippen molar-refractivity contribution < 1.29 is 4.74 Å². The van der Waals surface area contributed by atoms with Gasteiger partial charge in [-0.3, -0.25) is 4.40 Å². The average molecular weight is 349 g/mol. The van der Waals surface area contributed by atoms with E-state index in [-0.39, 0.29) is 0 Å². The molecule has 0 fully saturated rings. The van der Waals surface area contributed by atoms with Gasteiger partial charge in [0.05, 0.1) is 23.3 Å². The molecule has 1 aromatic carbocycles. The SMILES string of the molecule is COCCNc1cc2c(cc(C)n2Cc2ccccc2)n2c(C)nnc12. The smallest absolute Gasteiger partial charge is 0.184 e. The number of aromatic nitrogens is 4. The van der Waals surface area contributed by atoms with Gasteiger partial charge in [-0.2, -0.15) is 0 Å². The van der Waals surface area contributed by atoms with E-state index in [2.05, 4.69) is 67.8 Å². The van der Waals surface area contributed by atoms with Crippen LogP contribution in [0.4, 0.5) is 5.69 Å². The van der Waals surface area contributed by atoms with Crippen molar-refractivity contribution in [3.05, 3.63) is 59.5 Å². The quantitative estimate of drug-likeness (QED) is 0.542. The lowest BCUT2D eigenvalue weighted by Crippen LogP contribution is -2.09. The van der Waals surface area contributed by atoms with Crippen LogP contribution >= 0.6 is 0 Å². The number of benzene rings is 1. The maximum Gasteiger partial charge on any atom is 0.184 e. The number of hydrogen-bond acceptors (Lipinski definition) is 4. The molecule has 0 radical (unpaired) electrons. The minimum absolute atomic E-state index is 0.640. The van der Waals surface area contributed by atoms with Gasteiger partial charge >= 0.3 is 0 Å². The Hall–Kier alpha value is -2.86. The Morgan fingerprint density at radius 2 is 1.85 bits per heavy atom. The molecule has 0 atom stereocenters. The molecular weight excluding hydrogens is 326 g/mol. The number of hydrogen-bond donors (Lipinski definition) is 1. The Kier molecular flexibility index (Phi) is 4.34. The van der Waals surface area contributed by atoms with Crippen LogP contribution in [0, 0.1) is 13.8 Å². The van der Waals surface area contributed by atoms with E-state index < -0.39 is 0 Å². The number of fused-ring (bicyclic) bond motifs is 3. The fourth-order valence-corrected chi connectivity index (χ4v) is 3.43. The normalized spacial score (nSPS) is 11.5. The molecule has 4 aromatic rings. The van der Waals surface area contributed by atoms with Crippen LogP contribution in [0.15, 0.2) is 42.5 Å². The van der Waals surface area contributed by atoms with E-state index in [9.17, 15) is 0 Å². The van der Waals surface area contributed by atoms with Crippen molar-refractivity contribution >= 4 is 22.4 Å². The van der Waals surface area contributed by atoms with E-state index >= 15 is 0 Å². The van der Waals surface area contributed by atoms with Crippen molar-refractivity contribution in [2.45, 2.75) is 20.4 Å². The van der Waals surface area contributed by atoms with Gasteiger partial charge in [0.15, 0.2) is 5.65 Å². The largest absolute Gasteiger partial charge is 0.383 e. The molecule has 3 aromatic heterocycles. The van der Waals surface area contributed by atoms with E-state index in [0.29, 0.717) is 6.61 Å². The zero-order chi connectivity index (χ0) is 18.1. The van der Waals surface area contributed by atoms with Gasteiger partial charge in [0, 0.05) is 25.9 Å². The minimum atomic E-state index is 0.640. The highest BCUT2D eigenvalue weighted by Gasteiger charge is 2.16. The third-order valence-electron chi connectivity index (χ3n) is 4.72. The molecule has 0 amide bonds. The Bertz CT molecular complexity index is 1050. The monoisotopic (exact) mass is 349 g/mol. The van der Waals surface area contributed by atoms with Crippen LogP contribution in [-0.2, 0) is 11.3 Å². The summed E-state index contributed by atoms with van der Waals surface area (Å²) in [6, 6.07) is 14.9. The number of ether oxygens (including phenoxy) is 1. The lowest BCUT2D eigenvalue weighted by atomic mass is 10.2. The van der Waals surface area contributed by atoms with Crippen LogP contribution < -0.4 is 5.32 Å².